The lowest BCUT2D eigenvalue weighted by atomic mass is 10.1. The molecule has 1 unspecified atom stereocenters. The predicted octanol–water partition coefficient (Wildman–Crippen LogP) is 2.50. The molecule has 1 aliphatic heterocycles. The molecule has 1 aromatic rings. The van der Waals surface area contributed by atoms with Crippen molar-refractivity contribution >= 4 is 29.9 Å². The average molecular weight is 492 g/mol. The molecule has 2 heterocycles. The number of aryl methyl sites for hydroxylation is 1. The lowest BCUT2D eigenvalue weighted by Gasteiger charge is -2.35. The summed E-state index contributed by atoms with van der Waals surface area (Å²) in [6, 6.07) is 1.16. The molecule has 1 N–H and O–H groups in total. The molecule has 1 aromatic heterocycles. The minimum absolute atomic E-state index is 0. The topological polar surface area (TPSA) is 57.9 Å². The Kier molecular flexibility index (Phi) is 10.6. The molecule has 1 fully saturated rings. The number of nitrogens with zero attached hydrogens (tertiary/aromatic N) is 5. The number of guanidine groups is 1. The van der Waals surface area contributed by atoms with Crippen molar-refractivity contribution in [2.45, 2.75) is 52.3 Å². The van der Waals surface area contributed by atoms with Gasteiger partial charge < -0.3 is 15.0 Å². The maximum Gasteiger partial charge on any atom is 0.193 e. The average Bonchev–Trinajstić information content (AvgIpc) is 3.04. The van der Waals surface area contributed by atoms with Gasteiger partial charge in [0.05, 0.1) is 19.3 Å². The van der Waals surface area contributed by atoms with E-state index in [-0.39, 0.29) is 30.1 Å². The lowest BCUT2D eigenvalue weighted by Crippen LogP contribution is -2.48. The van der Waals surface area contributed by atoms with Crippen LogP contribution in [0.1, 0.15) is 45.8 Å². The second-order valence-corrected chi connectivity index (χ2v) is 7.51. The number of halogens is 1. The Labute approximate surface area is 181 Å². The minimum Gasteiger partial charge on any atom is -0.370 e. The number of hydrogen-bond acceptors (Lipinski definition) is 4. The lowest BCUT2D eigenvalue weighted by molar-refractivity contribution is -0.00803. The fraction of sp³-hybridized carbons (Fsp3) is 0.789. The van der Waals surface area contributed by atoms with Crippen LogP contribution in [0.15, 0.2) is 17.4 Å². The van der Waals surface area contributed by atoms with Gasteiger partial charge in [0.2, 0.25) is 0 Å². The van der Waals surface area contributed by atoms with Crippen LogP contribution in [0, 0.1) is 0 Å². The van der Waals surface area contributed by atoms with Gasteiger partial charge in [-0.1, -0.05) is 0 Å². The van der Waals surface area contributed by atoms with Crippen LogP contribution in [0.2, 0.25) is 0 Å². The second kappa shape index (κ2) is 11.9. The van der Waals surface area contributed by atoms with Crippen molar-refractivity contribution in [2.75, 3.05) is 39.8 Å². The van der Waals surface area contributed by atoms with E-state index < -0.39 is 0 Å². The van der Waals surface area contributed by atoms with Crippen molar-refractivity contribution in [1.82, 2.24) is 24.9 Å². The van der Waals surface area contributed by atoms with Crippen molar-refractivity contribution in [3.63, 3.8) is 0 Å². The summed E-state index contributed by atoms with van der Waals surface area (Å²) in [4.78, 5) is 9.28. The smallest absolute Gasteiger partial charge is 0.193 e. The summed E-state index contributed by atoms with van der Waals surface area (Å²) in [6.45, 7) is 13.4. The van der Waals surface area contributed by atoms with Gasteiger partial charge in [0.1, 0.15) is 6.10 Å². The number of aromatic nitrogens is 2. The summed E-state index contributed by atoms with van der Waals surface area (Å²) in [5.74, 6) is 0.961. The Bertz CT molecular complexity index is 566. The highest BCUT2D eigenvalue weighted by Crippen LogP contribution is 2.21. The third-order valence-corrected chi connectivity index (χ3v) is 4.88. The minimum atomic E-state index is 0. The molecule has 0 spiro atoms. The maximum absolute atomic E-state index is 5.93. The highest BCUT2D eigenvalue weighted by Gasteiger charge is 2.25. The fourth-order valence-corrected chi connectivity index (χ4v) is 3.56. The van der Waals surface area contributed by atoms with Crippen LogP contribution in [0.3, 0.4) is 0 Å². The summed E-state index contributed by atoms with van der Waals surface area (Å²) in [5, 5.41) is 7.78. The third-order valence-electron chi connectivity index (χ3n) is 4.88. The van der Waals surface area contributed by atoms with E-state index in [1.54, 1.807) is 0 Å². The van der Waals surface area contributed by atoms with Crippen molar-refractivity contribution < 1.29 is 4.74 Å². The van der Waals surface area contributed by atoms with Crippen molar-refractivity contribution in [3.8, 4) is 0 Å². The summed E-state index contributed by atoms with van der Waals surface area (Å²) in [5.41, 5.74) is 1.12. The first kappa shape index (κ1) is 24.2. The van der Waals surface area contributed by atoms with E-state index >= 15 is 0 Å². The number of rotatable bonds is 7. The molecule has 8 heteroatoms. The molecular weight excluding hydrogens is 455 g/mol. The molecule has 7 nitrogen and oxygen atoms in total. The Balaban J connectivity index is 0.00000364. The number of ether oxygens (including phenoxy) is 1. The standard InChI is InChI=1S/C19H36N6O.HI/c1-15(2)25(16(3)4)9-7-8-21-19(20-5)24-10-11-26-18(14-24)17-12-22-23(6)13-17;/h12-13,15-16,18H,7-11,14H2,1-6H3,(H,20,21);1H. The summed E-state index contributed by atoms with van der Waals surface area (Å²) >= 11 is 0. The van der Waals surface area contributed by atoms with E-state index in [2.05, 4.69) is 52.9 Å². The van der Waals surface area contributed by atoms with Gasteiger partial charge in [-0.3, -0.25) is 14.6 Å². The molecule has 0 bridgehead atoms. The molecule has 1 saturated heterocycles. The van der Waals surface area contributed by atoms with Gasteiger partial charge in [0.25, 0.3) is 0 Å². The monoisotopic (exact) mass is 492 g/mol. The van der Waals surface area contributed by atoms with Crippen molar-refractivity contribution in [2.24, 2.45) is 12.0 Å². The zero-order valence-electron chi connectivity index (χ0n) is 17.7. The Morgan fingerprint density at radius 2 is 2.07 bits per heavy atom. The first-order valence-electron chi connectivity index (χ1n) is 9.73. The number of nitrogens with one attached hydrogen (secondary N) is 1. The zero-order chi connectivity index (χ0) is 19.1. The van der Waals surface area contributed by atoms with Gasteiger partial charge in [-0.25, -0.2) is 0 Å². The van der Waals surface area contributed by atoms with Crippen LogP contribution in [0.5, 0.6) is 0 Å². The molecular formula is C19H37IN6O. The molecule has 156 valence electrons. The molecule has 0 aliphatic carbocycles. The zero-order valence-corrected chi connectivity index (χ0v) is 20.0. The highest BCUT2D eigenvalue weighted by atomic mass is 127. The first-order valence-corrected chi connectivity index (χ1v) is 9.73. The number of aliphatic imine (C=N–C) groups is 1. The molecule has 1 atom stereocenters. The van der Waals surface area contributed by atoms with Crippen LogP contribution in [0.25, 0.3) is 0 Å². The first-order chi connectivity index (χ1) is 12.4. The van der Waals surface area contributed by atoms with Gasteiger partial charge in [-0.2, -0.15) is 5.10 Å². The van der Waals surface area contributed by atoms with Crippen molar-refractivity contribution in [1.29, 1.82) is 0 Å². The molecule has 2 rings (SSSR count). The van der Waals surface area contributed by atoms with E-state index in [0.717, 1.165) is 44.1 Å². The van der Waals surface area contributed by atoms with Crippen LogP contribution < -0.4 is 5.32 Å². The van der Waals surface area contributed by atoms with Crippen LogP contribution in [0.4, 0.5) is 0 Å². The molecule has 0 aromatic carbocycles. The summed E-state index contributed by atoms with van der Waals surface area (Å²) < 4.78 is 7.75. The SMILES string of the molecule is CN=C(NCCCN(C(C)C)C(C)C)N1CCOC(c2cnn(C)c2)C1.I. The van der Waals surface area contributed by atoms with Crippen LogP contribution >= 0.6 is 24.0 Å². The van der Waals surface area contributed by atoms with E-state index in [0.29, 0.717) is 18.7 Å². The van der Waals surface area contributed by atoms with Gasteiger partial charge in [0.15, 0.2) is 5.96 Å². The van der Waals surface area contributed by atoms with Crippen molar-refractivity contribution in [3.05, 3.63) is 18.0 Å². The highest BCUT2D eigenvalue weighted by molar-refractivity contribution is 14.0. The molecule has 0 amide bonds. The van der Waals surface area contributed by atoms with Gasteiger partial charge >= 0.3 is 0 Å². The van der Waals surface area contributed by atoms with Gasteiger partial charge in [-0.15, -0.1) is 24.0 Å². The third kappa shape index (κ3) is 7.23. The van der Waals surface area contributed by atoms with E-state index in [1.807, 2.05) is 31.2 Å². The summed E-state index contributed by atoms with van der Waals surface area (Å²) in [6.07, 6.45) is 5.06. The number of hydrogen-bond donors (Lipinski definition) is 1. The summed E-state index contributed by atoms with van der Waals surface area (Å²) in [7, 11) is 3.79. The molecule has 1 aliphatic rings. The normalized spacial score (nSPS) is 18.3. The van der Waals surface area contributed by atoms with Gasteiger partial charge in [-0.05, 0) is 34.1 Å². The molecule has 0 saturated carbocycles. The largest absolute Gasteiger partial charge is 0.370 e. The predicted molar refractivity (Wildman–Crippen MR) is 122 cm³/mol. The van der Waals surface area contributed by atoms with Gasteiger partial charge in [0, 0.05) is 57.6 Å². The van der Waals surface area contributed by atoms with Crippen LogP contribution in [-0.2, 0) is 11.8 Å². The Morgan fingerprint density at radius 1 is 1.37 bits per heavy atom. The fourth-order valence-electron chi connectivity index (χ4n) is 3.56. The second-order valence-electron chi connectivity index (χ2n) is 7.51. The Hall–Kier alpha value is -0.870. The maximum atomic E-state index is 5.93. The van der Waals surface area contributed by atoms with Crippen LogP contribution in [-0.4, -0.2) is 77.5 Å². The van der Waals surface area contributed by atoms with E-state index in [1.165, 1.54) is 0 Å². The molecule has 27 heavy (non-hydrogen) atoms. The van der Waals surface area contributed by atoms with E-state index in [9.17, 15) is 0 Å². The molecule has 0 radical (unpaired) electrons. The quantitative estimate of drug-likeness (QED) is 0.275. The number of morpholine rings is 1. The van der Waals surface area contributed by atoms with E-state index in [4.69, 9.17) is 4.74 Å². The Morgan fingerprint density at radius 3 is 2.63 bits per heavy atom.